The van der Waals surface area contributed by atoms with Crippen molar-refractivity contribution in [2.75, 3.05) is 0 Å². The molecule has 0 radical (unpaired) electrons. The second-order valence-corrected chi connectivity index (χ2v) is 8.93. The van der Waals surface area contributed by atoms with Gasteiger partial charge in [0.15, 0.2) is 11.6 Å². The number of hydrogen-bond acceptors (Lipinski definition) is 2. The van der Waals surface area contributed by atoms with Crippen LogP contribution in [0.15, 0.2) is 42.7 Å². The Morgan fingerprint density at radius 2 is 1.83 bits per heavy atom. The predicted octanol–water partition coefficient (Wildman–Crippen LogP) is 5.61. The lowest BCUT2D eigenvalue weighted by molar-refractivity contribution is -0.122. The zero-order valence-corrected chi connectivity index (χ0v) is 16.7. The van der Waals surface area contributed by atoms with Crippen LogP contribution in [0.25, 0.3) is 11.0 Å². The van der Waals surface area contributed by atoms with Gasteiger partial charge in [-0.15, -0.1) is 0 Å². The summed E-state index contributed by atoms with van der Waals surface area (Å²) in [5, 5.41) is 0.673. The number of benzene rings is 2. The van der Waals surface area contributed by atoms with Crippen molar-refractivity contribution in [3.8, 4) is 0 Å². The fourth-order valence-corrected chi connectivity index (χ4v) is 5.45. The third-order valence-electron chi connectivity index (χ3n) is 6.87. The third-order valence-corrected chi connectivity index (χ3v) is 7.13. The molecule has 0 aliphatic heterocycles. The molecule has 1 heterocycles. The maximum absolute atomic E-state index is 13.7. The standard InChI is InChI=1S/C23H21ClF2N2O/c1-12(22(29)6-13-2-4-14(24)5-3-13)23-16-7-15(8-17(16)23)28-11-27-20-9-18(25)19(26)10-21(20)28/h2-5,9-12,15-17,23H,6-8H2,1H3/t12-,15?,16-,17+,23?/m1/s1. The molecule has 5 rings (SSSR count). The van der Waals surface area contributed by atoms with Gasteiger partial charge < -0.3 is 4.57 Å². The van der Waals surface area contributed by atoms with E-state index in [1.807, 2.05) is 35.8 Å². The molecule has 0 bridgehead atoms. The molecule has 0 N–H and O–H groups in total. The van der Waals surface area contributed by atoms with Gasteiger partial charge in [-0.3, -0.25) is 4.79 Å². The monoisotopic (exact) mass is 414 g/mol. The molecule has 2 fully saturated rings. The van der Waals surface area contributed by atoms with Crippen molar-refractivity contribution in [3.63, 3.8) is 0 Å². The molecule has 6 heteroatoms. The lowest BCUT2D eigenvalue weighted by Gasteiger charge is -2.19. The molecule has 1 aromatic heterocycles. The normalized spacial score (nSPS) is 26.5. The van der Waals surface area contributed by atoms with Crippen molar-refractivity contribution in [2.24, 2.45) is 23.7 Å². The first kappa shape index (κ1) is 18.7. The van der Waals surface area contributed by atoms with E-state index in [1.165, 1.54) is 6.07 Å². The van der Waals surface area contributed by atoms with Gasteiger partial charge >= 0.3 is 0 Å². The van der Waals surface area contributed by atoms with Crippen LogP contribution in [0.1, 0.15) is 31.4 Å². The molecule has 2 aliphatic carbocycles. The van der Waals surface area contributed by atoms with Gasteiger partial charge in [0.1, 0.15) is 5.78 Å². The number of hydrogen-bond donors (Lipinski definition) is 0. The van der Waals surface area contributed by atoms with Gasteiger partial charge in [0, 0.05) is 35.5 Å². The topological polar surface area (TPSA) is 34.9 Å². The van der Waals surface area contributed by atoms with Crippen molar-refractivity contribution in [1.29, 1.82) is 0 Å². The molecule has 0 spiro atoms. The van der Waals surface area contributed by atoms with E-state index in [-0.39, 0.29) is 17.7 Å². The third kappa shape index (κ3) is 3.25. The first-order chi connectivity index (χ1) is 13.9. The summed E-state index contributed by atoms with van der Waals surface area (Å²) in [5.74, 6) is 0.0576. The predicted molar refractivity (Wildman–Crippen MR) is 108 cm³/mol. The largest absolute Gasteiger partial charge is 0.327 e. The van der Waals surface area contributed by atoms with Crippen molar-refractivity contribution in [3.05, 3.63) is 64.9 Å². The molecule has 0 saturated heterocycles. The summed E-state index contributed by atoms with van der Waals surface area (Å²) in [5.41, 5.74) is 2.11. The van der Waals surface area contributed by atoms with Gasteiger partial charge in [-0.1, -0.05) is 30.7 Å². The Morgan fingerprint density at radius 3 is 2.52 bits per heavy atom. The average Bonchev–Trinajstić information content (AvgIpc) is 3.02. The summed E-state index contributed by atoms with van der Waals surface area (Å²) in [6, 6.07) is 10.1. The van der Waals surface area contributed by atoms with E-state index in [9.17, 15) is 13.6 Å². The number of nitrogens with zero attached hydrogens (tertiary/aromatic N) is 2. The summed E-state index contributed by atoms with van der Waals surface area (Å²) in [4.78, 5) is 17.0. The first-order valence-corrected chi connectivity index (χ1v) is 10.4. The SMILES string of the molecule is C[C@H](C(=O)Cc1ccc(Cl)cc1)C1[C@H]2CC(n3cnc4cc(F)c(F)cc43)C[C@@H]12. The minimum atomic E-state index is -0.870. The lowest BCUT2D eigenvalue weighted by Crippen LogP contribution is -2.19. The molecule has 2 aromatic carbocycles. The molecule has 0 amide bonds. The summed E-state index contributed by atoms with van der Waals surface area (Å²) in [6.45, 7) is 2.04. The molecule has 2 unspecified atom stereocenters. The molecule has 2 aliphatic rings. The molecule has 3 nitrogen and oxygen atoms in total. The number of aromatic nitrogens is 2. The molecular weight excluding hydrogens is 394 g/mol. The number of fused-ring (bicyclic) bond motifs is 2. The zero-order chi connectivity index (χ0) is 20.3. The Kier molecular flexibility index (Phi) is 4.46. The number of imidazole rings is 1. The quantitative estimate of drug-likeness (QED) is 0.543. The second-order valence-electron chi connectivity index (χ2n) is 8.50. The second kappa shape index (κ2) is 6.91. The lowest BCUT2D eigenvalue weighted by atomic mass is 9.90. The van der Waals surface area contributed by atoms with Crippen LogP contribution < -0.4 is 0 Å². The van der Waals surface area contributed by atoms with Crippen LogP contribution in [0.2, 0.25) is 5.02 Å². The highest BCUT2D eigenvalue weighted by Gasteiger charge is 2.59. The van der Waals surface area contributed by atoms with Gasteiger partial charge in [-0.2, -0.15) is 0 Å². The Hall–Kier alpha value is -2.27. The molecule has 150 valence electrons. The first-order valence-electron chi connectivity index (χ1n) is 10.0. The van der Waals surface area contributed by atoms with Gasteiger partial charge in [0.05, 0.1) is 17.4 Å². The van der Waals surface area contributed by atoms with Crippen LogP contribution in [-0.2, 0) is 11.2 Å². The van der Waals surface area contributed by atoms with E-state index in [0.717, 1.165) is 24.5 Å². The highest BCUT2D eigenvalue weighted by Crippen LogP contribution is 2.64. The number of Topliss-reactive ketones (excluding diaryl/α,β-unsaturated/α-hetero) is 1. The van der Waals surface area contributed by atoms with E-state index in [4.69, 9.17) is 11.6 Å². The smallest absolute Gasteiger partial charge is 0.161 e. The molecule has 2 saturated carbocycles. The molecule has 29 heavy (non-hydrogen) atoms. The fraction of sp³-hybridized carbons (Fsp3) is 0.391. The maximum Gasteiger partial charge on any atom is 0.161 e. The van der Waals surface area contributed by atoms with E-state index in [1.54, 1.807) is 6.33 Å². The average molecular weight is 415 g/mol. The minimum Gasteiger partial charge on any atom is -0.327 e. The highest BCUT2D eigenvalue weighted by molar-refractivity contribution is 6.30. The number of rotatable bonds is 5. The van der Waals surface area contributed by atoms with Gasteiger partial charge in [0.2, 0.25) is 0 Å². The summed E-state index contributed by atoms with van der Waals surface area (Å²) < 4.78 is 29.1. The Labute approximate surface area is 172 Å². The fourth-order valence-electron chi connectivity index (χ4n) is 5.32. The van der Waals surface area contributed by atoms with E-state index >= 15 is 0 Å². The van der Waals surface area contributed by atoms with E-state index in [2.05, 4.69) is 4.98 Å². The van der Waals surface area contributed by atoms with Gasteiger partial charge in [-0.25, -0.2) is 13.8 Å². The number of ketones is 1. The van der Waals surface area contributed by atoms with Crippen LogP contribution in [0, 0.1) is 35.3 Å². The van der Waals surface area contributed by atoms with Crippen LogP contribution in [0.4, 0.5) is 8.78 Å². The molecular formula is C23H21ClF2N2O. The summed E-state index contributed by atoms with van der Waals surface area (Å²) >= 11 is 5.91. The maximum atomic E-state index is 13.7. The Bertz CT molecular complexity index is 1080. The van der Waals surface area contributed by atoms with E-state index in [0.29, 0.717) is 40.2 Å². The summed E-state index contributed by atoms with van der Waals surface area (Å²) in [6.07, 6.45) is 4.04. The van der Waals surface area contributed by atoms with Crippen LogP contribution in [0.3, 0.4) is 0 Å². The number of halogens is 3. The van der Waals surface area contributed by atoms with Gasteiger partial charge in [0.25, 0.3) is 0 Å². The van der Waals surface area contributed by atoms with Gasteiger partial charge in [-0.05, 0) is 48.3 Å². The Morgan fingerprint density at radius 1 is 1.17 bits per heavy atom. The van der Waals surface area contributed by atoms with Crippen molar-refractivity contribution < 1.29 is 13.6 Å². The van der Waals surface area contributed by atoms with Crippen LogP contribution >= 0.6 is 11.6 Å². The minimum absolute atomic E-state index is 0.0349. The van der Waals surface area contributed by atoms with Crippen molar-refractivity contribution in [1.82, 2.24) is 9.55 Å². The van der Waals surface area contributed by atoms with Crippen molar-refractivity contribution in [2.45, 2.75) is 32.2 Å². The summed E-state index contributed by atoms with van der Waals surface area (Å²) in [7, 11) is 0. The number of carbonyl (C=O) groups excluding carboxylic acids is 1. The van der Waals surface area contributed by atoms with Crippen molar-refractivity contribution >= 4 is 28.4 Å². The zero-order valence-electron chi connectivity index (χ0n) is 16.0. The molecule has 3 aromatic rings. The Balaban J connectivity index is 1.25. The van der Waals surface area contributed by atoms with Crippen LogP contribution in [-0.4, -0.2) is 15.3 Å². The van der Waals surface area contributed by atoms with Crippen LogP contribution in [0.5, 0.6) is 0 Å². The highest BCUT2D eigenvalue weighted by atomic mass is 35.5. The number of carbonyl (C=O) groups is 1. The molecule has 5 atom stereocenters. The van der Waals surface area contributed by atoms with E-state index < -0.39 is 11.6 Å².